The van der Waals surface area contributed by atoms with Crippen LogP contribution >= 0.6 is 0 Å². The van der Waals surface area contributed by atoms with Crippen LogP contribution in [0.3, 0.4) is 0 Å². The van der Waals surface area contributed by atoms with Gasteiger partial charge >= 0.3 is 0 Å². The van der Waals surface area contributed by atoms with Gasteiger partial charge in [0.1, 0.15) is 0 Å². The minimum absolute atomic E-state index is 0.0806. The molecule has 1 atom stereocenters. The van der Waals surface area contributed by atoms with E-state index in [1.165, 1.54) is 17.2 Å². The molecule has 1 aromatic heterocycles. The normalized spacial score (nSPS) is 18.3. The third-order valence-corrected chi connectivity index (χ3v) is 5.85. The Bertz CT molecular complexity index is 985. The number of carbonyl (C=O) groups is 1. The van der Waals surface area contributed by atoms with Gasteiger partial charge in [0.05, 0.1) is 12.8 Å². The van der Waals surface area contributed by atoms with E-state index in [0.717, 1.165) is 44.4 Å². The van der Waals surface area contributed by atoms with Gasteiger partial charge in [-0.1, -0.05) is 12.6 Å². The summed E-state index contributed by atoms with van der Waals surface area (Å²) in [4.78, 5) is 24.4. The van der Waals surface area contributed by atoms with Gasteiger partial charge in [0.2, 0.25) is 11.9 Å². The fraction of sp³-hybridized carbons (Fsp3) is 0.435. The van der Waals surface area contributed by atoms with Crippen LogP contribution in [0.5, 0.6) is 0 Å². The molecule has 8 nitrogen and oxygen atoms in total. The van der Waals surface area contributed by atoms with Gasteiger partial charge in [-0.2, -0.15) is 4.98 Å². The summed E-state index contributed by atoms with van der Waals surface area (Å²) in [6.45, 7) is 8.09. The molecule has 1 unspecified atom stereocenters. The third-order valence-electron chi connectivity index (χ3n) is 5.85. The number of rotatable bonds is 8. The fourth-order valence-electron chi connectivity index (χ4n) is 4.20. The Morgan fingerprint density at radius 3 is 3.03 bits per heavy atom. The average molecular weight is 441 g/mol. The molecule has 9 heteroatoms. The van der Waals surface area contributed by atoms with Crippen molar-refractivity contribution in [1.82, 2.24) is 19.8 Å². The molecule has 2 aliphatic rings. The van der Waals surface area contributed by atoms with Gasteiger partial charge < -0.3 is 20.3 Å². The number of hydrogen-bond donors (Lipinski definition) is 2. The van der Waals surface area contributed by atoms with Crippen molar-refractivity contribution in [3.63, 3.8) is 0 Å². The zero-order valence-corrected chi connectivity index (χ0v) is 18.3. The van der Waals surface area contributed by atoms with E-state index in [2.05, 4.69) is 44.2 Å². The van der Waals surface area contributed by atoms with Crippen LogP contribution in [-0.4, -0.2) is 65.1 Å². The van der Waals surface area contributed by atoms with Gasteiger partial charge in [-0.25, -0.2) is 9.37 Å². The highest BCUT2D eigenvalue weighted by atomic mass is 19.1. The highest BCUT2D eigenvalue weighted by Crippen LogP contribution is 2.27. The number of nitrogens with one attached hydrogen (secondary N) is 2. The van der Waals surface area contributed by atoms with Crippen molar-refractivity contribution < 1.29 is 13.9 Å². The Morgan fingerprint density at radius 1 is 1.38 bits per heavy atom. The SMILES string of the molecule is C=CC(=O)N1CCCC(Nc2nc(Nc3ccc4c(c3)CN(CCOC)C4)ncc2F)C1. The number of halogens is 1. The number of amides is 1. The largest absolute Gasteiger partial charge is 0.383 e. The van der Waals surface area contributed by atoms with Crippen molar-refractivity contribution in [2.75, 3.05) is 44.0 Å². The number of aromatic nitrogens is 2. The predicted octanol–water partition coefficient (Wildman–Crippen LogP) is 2.91. The lowest BCUT2D eigenvalue weighted by Gasteiger charge is -2.32. The van der Waals surface area contributed by atoms with Gasteiger partial charge in [-0.05, 0) is 42.2 Å². The summed E-state index contributed by atoms with van der Waals surface area (Å²) in [5, 5.41) is 6.32. The van der Waals surface area contributed by atoms with Gasteiger partial charge in [0.25, 0.3) is 0 Å². The molecule has 2 aromatic rings. The van der Waals surface area contributed by atoms with Crippen molar-refractivity contribution in [1.29, 1.82) is 0 Å². The predicted molar refractivity (Wildman–Crippen MR) is 121 cm³/mol. The maximum Gasteiger partial charge on any atom is 0.246 e. The van der Waals surface area contributed by atoms with Crippen LogP contribution in [0.25, 0.3) is 0 Å². The van der Waals surface area contributed by atoms with Crippen LogP contribution in [0.1, 0.15) is 24.0 Å². The summed E-state index contributed by atoms with van der Waals surface area (Å²) in [7, 11) is 1.71. The molecule has 1 fully saturated rings. The molecular weight excluding hydrogens is 411 g/mol. The second-order valence-electron chi connectivity index (χ2n) is 8.17. The zero-order valence-electron chi connectivity index (χ0n) is 18.3. The molecule has 0 spiro atoms. The average Bonchev–Trinajstić information content (AvgIpc) is 3.21. The molecule has 32 heavy (non-hydrogen) atoms. The van der Waals surface area contributed by atoms with Crippen molar-refractivity contribution in [2.24, 2.45) is 0 Å². The number of methoxy groups -OCH3 is 1. The molecule has 1 aromatic carbocycles. The van der Waals surface area contributed by atoms with Crippen molar-refractivity contribution in [3.8, 4) is 0 Å². The maximum absolute atomic E-state index is 14.4. The zero-order chi connectivity index (χ0) is 22.5. The van der Waals surface area contributed by atoms with E-state index in [9.17, 15) is 9.18 Å². The van der Waals surface area contributed by atoms with E-state index in [4.69, 9.17) is 4.74 Å². The molecule has 0 bridgehead atoms. The lowest BCUT2D eigenvalue weighted by Crippen LogP contribution is -2.44. The standard InChI is InChI=1S/C23H29FN6O2/c1-3-21(31)30-8-4-5-19(15-30)26-22-20(24)12-25-23(28-22)27-18-7-6-16-13-29(9-10-32-2)14-17(16)11-18/h3,6-7,11-12,19H,1,4-5,8-10,13-15H2,2H3,(H2,25,26,27,28). The maximum atomic E-state index is 14.4. The summed E-state index contributed by atoms with van der Waals surface area (Å²) in [6, 6.07) is 6.09. The Hall–Kier alpha value is -3.04. The number of anilines is 3. The van der Waals surface area contributed by atoms with Crippen LogP contribution < -0.4 is 10.6 Å². The molecule has 1 amide bonds. The number of piperidine rings is 1. The van der Waals surface area contributed by atoms with E-state index >= 15 is 0 Å². The van der Waals surface area contributed by atoms with Gasteiger partial charge in [0, 0.05) is 51.6 Å². The summed E-state index contributed by atoms with van der Waals surface area (Å²) in [5.74, 6) is -0.185. The Kier molecular flexibility index (Phi) is 6.96. The summed E-state index contributed by atoms with van der Waals surface area (Å²) < 4.78 is 19.6. The first-order valence-corrected chi connectivity index (χ1v) is 10.9. The molecule has 0 radical (unpaired) electrons. The number of ether oxygens (including phenoxy) is 1. The molecule has 0 saturated carbocycles. The highest BCUT2D eigenvalue weighted by Gasteiger charge is 2.24. The summed E-state index contributed by atoms with van der Waals surface area (Å²) in [5.41, 5.74) is 3.40. The van der Waals surface area contributed by atoms with Crippen molar-refractivity contribution in [2.45, 2.75) is 32.0 Å². The number of hydrogen-bond acceptors (Lipinski definition) is 7. The first-order valence-electron chi connectivity index (χ1n) is 10.9. The third kappa shape index (κ3) is 5.23. The molecule has 1 saturated heterocycles. The number of benzene rings is 1. The molecule has 3 heterocycles. The van der Waals surface area contributed by atoms with E-state index in [1.54, 1.807) is 12.0 Å². The molecular formula is C23H29FN6O2. The minimum Gasteiger partial charge on any atom is -0.383 e. The molecule has 2 N–H and O–H groups in total. The second-order valence-corrected chi connectivity index (χ2v) is 8.17. The molecule has 0 aliphatic carbocycles. The minimum atomic E-state index is -0.523. The van der Waals surface area contributed by atoms with Gasteiger partial charge in [0.15, 0.2) is 11.6 Å². The van der Waals surface area contributed by atoms with E-state index in [1.807, 2.05) is 6.07 Å². The van der Waals surface area contributed by atoms with Crippen LogP contribution in [0.4, 0.5) is 21.8 Å². The Morgan fingerprint density at radius 2 is 2.22 bits per heavy atom. The lowest BCUT2D eigenvalue weighted by molar-refractivity contribution is -0.127. The number of likely N-dealkylation sites (tertiary alicyclic amines) is 1. The first-order chi connectivity index (χ1) is 15.6. The number of fused-ring (bicyclic) bond motifs is 1. The molecule has 4 rings (SSSR count). The first kappa shape index (κ1) is 22.2. The molecule has 2 aliphatic heterocycles. The van der Waals surface area contributed by atoms with E-state index in [-0.39, 0.29) is 17.8 Å². The van der Waals surface area contributed by atoms with Crippen molar-refractivity contribution >= 4 is 23.4 Å². The monoisotopic (exact) mass is 440 g/mol. The van der Waals surface area contributed by atoms with Gasteiger partial charge in [-0.3, -0.25) is 9.69 Å². The van der Waals surface area contributed by atoms with E-state index < -0.39 is 5.82 Å². The lowest BCUT2D eigenvalue weighted by atomic mass is 10.1. The Balaban J connectivity index is 1.41. The van der Waals surface area contributed by atoms with Crippen LogP contribution in [0.2, 0.25) is 0 Å². The van der Waals surface area contributed by atoms with Crippen LogP contribution in [0.15, 0.2) is 37.1 Å². The smallest absolute Gasteiger partial charge is 0.246 e. The fourth-order valence-corrected chi connectivity index (χ4v) is 4.20. The Labute approximate surface area is 187 Å². The number of nitrogens with zero attached hydrogens (tertiary/aromatic N) is 4. The summed E-state index contributed by atoms with van der Waals surface area (Å²) in [6.07, 6.45) is 4.14. The second kappa shape index (κ2) is 10.1. The van der Waals surface area contributed by atoms with Crippen LogP contribution in [0, 0.1) is 5.82 Å². The van der Waals surface area contributed by atoms with Crippen LogP contribution in [-0.2, 0) is 22.6 Å². The van der Waals surface area contributed by atoms with Gasteiger partial charge in [-0.15, -0.1) is 0 Å². The van der Waals surface area contributed by atoms with Crippen molar-refractivity contribution in [3.05, 3.63) is 54.0 Å². The topological polar surface area (TPSA) is 82.6 Å². The number of carbonyl (C=O) groups excluding carboxylic acids is 1. The quantitative estimate of drug-likeness (QED) is 0.611. The molecule has 170 valence electrons. The van der Waals surface area contributed by atoms with E-state index in [0.29, 0.717) is 25.6 Å². The highest BCUT2D eigenvalue weighted by molar-refractivity contribution is 5.87. The summed E-state index contributed by atoms with van der Waals surface area (Å²) >= 11 is 0.